The van der Waals surface area contributed by atoms with Crippen LogP contribution in [0.2, 0.25) is 0 Å². The molecule has 2 aliphatic heterocycles. The normalized spacial score (nSPS) is 24.6. The maximum Gasteiger partial charge on any atom is 0.341 e. The number of nitrogens with two attached hydrogens (primary N) is 1. The van der Waals surface area contributed by atoms with Gasteiger partial charge in [-0.25, -0.2) is 9.18 Å². The Morgan fingerprint density at radius 2 is 2.12 bits per heavy atom. The Labute approximate surface area is 152 Å². The summed E-state index contributed by atoms with van der Waals surface area (Å²) in [6, 6.07) is 1.61. The molecule has 8 heteroatoms. The molecule has 1 aromatic heterocycles. The van der Waals surface area contributed by atoms with Crippen LogP contribution in [0, 0.1) is 5.82 Å². The third-order valence-electron chi connectivity index (χ3n) is 5.52. The third kappa shape index (κ3) is 2.21. The second kappa shape index (κ2) is 5.47. The number of hydrogen-bond acceptors (Lipinski definition) is 5. The number of pyridine rings is 1. The van der Waals surface area contributed by atoms with Crippen molar-refractivity contribution in [2.75, 3.05) is 17.2 Å². The molecule has 1 saturated carbocycles. The summed E-state index contributed by atoms with van der Waals surface area (Å²) < 4.78 is 16.9. The topological polar surface area (TPSA) is 88.6 Å². The zero-order chi connectivity index (χ0) is 18.2. The Morgan fingerprint density at radius 1 is 1.35 bits per heavy atom. The zero-order valence-electron chi connectivity index (χ0n) is 13.9. The number of hydrogen-bond donors (Lipinski definition) is 2. The third-order valence-corrected chi connectivity index (χ3v) is 6.75. The van der Waals surface area contributed by atoms with Gasteiger partial charge in [0.25, 0.3) is 0 Å². The number of benzene rings is 1. The van der Waals surface area contributed by atoms with Crippen molar-refractivity contribution >= 4 is 34.3 Å². The highest BCUT2D eigenvalue weighted by Crippen LogP contribution is 2.48. The van der Waals surface area contributed by atoms with E-state index in [-0.39, 0.29) is 29.1 Å². The first-order valence-corrected chi connectivity index (χ1v) is 9.74. The molecule has 0 amide bonds. The summed E-state index contributed by atoms with van der Waals surface area (Å²) >= 11 is 1.55. The van der Waals surface area contributed by atoms with Crippen molar-refractivity contribution in [3.05, 3.63) is 33.9 Å². The zero-order valence-corrected chi connectivity index (χ0v) is 14.8. The molecule has 1 aliphatic carbocycles. The molecule has 0 bridgehead atoms. The number of halogens is 1. The van der Waals surface area contributed by atoms with Crippen LogP contribution in [0.25, 0.3) is 10.9 Å². The molecule has 1 aromatic carbocycles. The van der Waals surface area contributed by atoms with Gasteiger partial charge in [0, 0.05) is 36.6 Å². The first-order chi connectivity index (χ1) is 12.5. The van der Waals surface area contributed by atoms with Gasteiger partial charge >= 0.3 is 5.97 Å². The van der Waals surface area contributed by atoms with E-state index in [0.717, 1.165) is 29.9 Å². The number of carboxylic acid groups (broad SMARTS) is 1. The second-order valence-electron chi connectivity index (χ2n) is 7.36. The quantitative estimate of drug-likeness (QED) is 0.837. The molecule has 26 heavy (non-hydrogen) atoms. The summed E-state index contributed by atoms with van der Waals surface area (Å²) in [7, 11) is 0. The lowest BCUT2D eigenvalue weighted by atomic mass is 10.1. The molecule has 2 fully saturated rings. The molecular weight excluding hydrogens is 357 g/mol. The van der Waals surface area contributed by atoms with Crippen molar-refractivity contribution < 1.29 is 14.3 Å². The van der Waals surface area contributed by atoms with Gasteiger partial charge in [0.2, 0.25) is 5.43 Å². The molecule has 3 aliphatic rings. The second-order valence-corrected chi connectivity index (χ2v) is 8.39. The Hall–Kier alpha value is -2.06. The van der Waals surface area contributed by atoms with Crippen molar-refractivity contribution in [1.29, 1.82) is 0 Å². The van der Waals surface area contributed by atoms with Gasteiger partial charge in [-0.05, 0) is 25.3 Å². The maximum atomic E-state index is 15.0. The van der Waals surface area contributed by atoms with Crippen LogP contribution in [-0.4, -0.2) is 40.0 Å². The van der Waals surface area contributed by atoms with Crippen molar-refractivity contribution in [3.63, 3.8) is 0 Å². The summed E-state index contributed by atoms with van der Waals surface area (Å²) in [5, 5.41) is 9.53. The number of thioether (sulfide) groups is 1. The molecule has 3 N–H and O–H groups in total. The number of carbonyl (C=O) groups is 1. The maximum absolute atomic E-state index is 15.0. The largest absolute Gasteiger partial charge is 0.477 e. The van der Waals surface area contributed by atoms with Crippen LogP contribution < -0.4 is 16.1 Å². The Bertz CT molecular complexity index is 1020. The van der Waals surface area contributed by atoms with Gasteiger partial charge < -0.3 is 20.3 Å². The predicted octanol–water partition coefficient (Wildman–Crippen LogP) is 2.19. The minimum atomic E-state index is -1.28. The van der Waals surface area contributed by atoms with Gasteiger partial charge in [0.1, 0.15) is 11.4 Å². The van der Waals surface area contributed by atoms with Crippen molar-refractivity contribution in [2.45, 2.75) is 42.3 Å². The van der Waals surface area contributed by atoms with E-state index < -0.39 is 17.2 Å². The minimum Gasteiger partial charge on any atom is -0.477 e. The number of aromatic nitrogens is 1. The van der Waals surface area contributed by atoms with E-state index in [1.165, 1.54) is 12.3 Å². The van der Waals surface area contributed by atoms with E-state index >= 15 is 4.39 Å². The minimum absolute atomic E-state index is 0.0154. The molecule has 2 unspecified atom stereocenters. The van der Waals surface area contributed by atoms with Gasteiger partial charge in [-0.2, -0.15) is 0 Å². The first kappa shape index (κ1) is 16.1. The van der Waals surface area contributed by atoms with Crippen molar-refractivity contribution in [1.82, 2.24) is 4.57 Å². The number of fused-ring (bicyclic) bond motifs is 5. The fourth-order valence-corrected chi connectivity index (χ4v) is 5.58. The summed E-state index contributed by atoms with van der Waals surface area (Å²) in [6.07, 6.45) is 4.14. The van der Waals surface area contributed by atoms with Crippen LogP contribution >= 0.6 is 11.8 Å². The molecule has 5 rings (SSSR count). The highest BCUT2D eigenvalue weighted by molar-refractivity contribution is 7.99. The molecule has 1 saturated heterocycles. The number of rotatable bonds is 2. The summed E-state index contributed by atoms with van der Waals surface area (Å²) in [4.78, 5) is 26.9. The molecule has 0 spiro atoms. The number of aromatic carboxylic acids is 1. The van der Waals surface area contributed by atoms with Gasteiger partial charge in [0.05, 0.1) is 21.5 Å². The summed E-state index contributed by atoms with van der Waals surface area (Å²) in [5.74, 6) is -0.956. The molecule has 6 nitrogen and oxygen atoms in total. The van der Waals surface area contributed by atoms with Gasteiger partial charge in [-0.15, -0.1) is 11.8 Å². The van der Waals surface area contributed by atoms with Crippen molar-refractivity contribution in [3.8, 4) is 0 Å². The molecule has 2 aromatic rings. The lowest BCUT2D eigenvalue weighted by molar-refractivity contribution is 0.0695. The fourth-order valence-electron chi connectivity index (χ4n) is 4.20. The summed E-state index contributed by atoms with van der Waals surface area (Å²) in [5.41, 5.74) is 6.35. The Kier molecular flexibility index (Phi) is 3.39. The first-order valence-electron chi connectivity index (χ1n) is 8.75. The standard InChI is InChI=1S/C18H18FN3O3S/c19-13-4-11-14(17-15(13)21-5-8(20)3-10(21)7-26-17)22(9-1-2-9)6-12(16(11)23)18(24)25/h4,6,8-10H,1-3,5,7,20H2,(H,24,25). The lowest BCUT2D eigenvalue weighted by Gasteiger charge is -2.34. The van der Waals surface area contributed by atoms with Gasteiger partial charge in [-0.3, -0.25) is 4.79 Å². The Balaban J connectivity index is 1.85. The number of nitrogens with zero attached hydrogens (tertiary/aromatic N) is 2. The van der Waals surface area contributed by atoms with E-state index in [9.17, 15) is 14.7 Å². The lowest BCUT2D eigenvalue weighted by Crippen LogP contribution is -2.36. The van der Waals surface area contributed by atoms with E-state index in [0.29, 0.717) is 17.7 Å². The molecule has 2 atom stereocenters. The molecule has 3 heterocycles. The van der Waals surface area contributed by atoms with Crippen LogP contribution in [0.4, 0.5) is 10.1 Å². The fraction of sp³-hybridized carbons (Fsp3) is 0.444. The molecule has 0 radical (unpaired) electrons. The van der Waals surface area contributed by atoms with Crippen LogP contribution in [0.15, 0.2) is 22.0 Å². The number of carboxylic acids is 1. The SMILES string of the molecule is NC1CC2CSc3c(c(F)cc4c(=O)c(C(=O)O)cn(C5CC5)c34)N2C1. The molecule has 136 valence electrons. The van der Waals surface area contributed by atoms with Crippen LogP contribution in [0.3, 0.4) is 0 Å². The highest BCUT2D eigenvalue weighted by atomic mass is 32.2. The smallest absolute Gasteiger partial charge is 0.341 e. The van der Waals surface area contributed by atoms with Crippen LogP contribution in [0.5, 0.6) is 0 Å². The highest BCUT2D eigenvalue weighted by Gasteiger charge is 2.39. The van der Waals surface area contributed by atoms with Gasteiger partial charge in [0.15, 0.2) is 0 Å². The average molecular weight is 375 g/mol. The summed E-state index contributed by atoms with van der Waals surface area (Å²) in [6.45, 7) is 0.599. The van der Waals surface area contributed by atoms with E-state index in [1.54, 1.807) is 11.8 Å². The molecular formula is C18H18FN3O3S. The van der Waals surface area contributed by atoms with E-state index in [1.807, 2.05) is 9.47 Å². The van der Waals surface area contributed by atoms with E-state index in [4.69, 9.17) is 5.73 Å². The number of anilines is 1. The average Bonchev–Trinajstić information content (AvgIpc) is 3.35. The van der Waals surface area contributed by atoms with Gasteiger partial charge in [-0.1, -0.05) is 0 Å². The predicted molar refractivity (Wildman–Crippen MR) is 97.8 cm³/mol. The Morgan fingerprint density at radius 3 is 2.81 bits per heavy atom. The van der Waals surface area contributed by atoms with Crippen molar-refractivity contribution in [2.24, 2.45) is 5.73 Å². The monoisotopic (exact) mass is 375 g/mol. The van der Waals surface area contributed by atoms with Crippen LogP contribution in [0.1, 0.15) is 35.7 Å². The van der Waals surface area contributed by atoms with E-state index in [2.05, 4.69) is 0 Å². The van der Waals surface area contributed by atoms with Crippen LogP contribution in [-0.2, 0) is 0 Å².